The molecule has 194 valence electrons. The normalized spacial score (nSPS) is 18.5. The fraction of sp³-hybridized carbons (Fsp3) is 0.433. The fourth-order valence-corrected chi connectivity index (χ4v) is 5.52. The molecule has 1 aromatic heterocycles. The van der Waals surface area contributed by atoms with Gasteiger partial charge in [0.15, 0.2) is 5.78 Å². The van der Waals surface area contributed by atoms with E-state index < -0.39 is 0 Å². The predicted molar refractivity (Wildman–Crippen MR) is 150 cm³/mol. The Hall–Kier alpha value is -3.45. The summed E-state index contributed by atoms with van der Waals surface area (Å²) in [6, 6.07) is 15.8. The van der Waals surface area contributed by atoms with Crippen molar-refractivity contribution in [1.29, 1.82) is 0 Å². The van der Waals surface area contributed by atoms with Gasteiger partial charge in [-0.1, -0.05) is 43.0 Å². The van der Waals surface area contributed by atoms with Gasteiger partial charge in [-0.05, 0) is 57.3 Å². The second-order valence-electron chi connectivity index (χ2n) is 10.3. The average Bonchev–Trinajstić information content (AvgIpc) is 3.34. The number of hydrogen-bond donors (Lipinski definition) is 0. The van der Waals surface area contributed by atoms with E-state index in [1.807, 2.05) is 7.05 Å². The lowest BCUT2D eigenvalue weighted by atomic mass is 10.0. The minimum atomic E-state index is -0.0191. The first-order chi connectivity index (χ1) is 17.9. The van der Waals surface area contributed by atoms with E-state index in [1.54, 1.807) is 0 Å². The van der Waals surface area contributed by atoms with Crippen molar-refractivity contribution in [1.82, 2.24) is 14.9 Å². The van der Waals surface area contributed by atoms with E-state index >= 15 is 0 Å². The lowest BCUT2D eigenvalue weighted by Gasteiger charge is -2.34. The van der Waals surface area contributed by atoms with Crippen LogP contribution in [0.5, 0.6) is 6.01 Å². The van der Waals surface area contributed by atoms with Crippen LogP contribution in [0.2, 0.25) is 0 Å². The standard InChI is InChI=1S/C30H37N5O2/c1-5-24(36)18-21(2)34(4)29-26-15-17-35(28-14-8-11-22-10-6-7-13-25(22)28)19-27(26)31-30(32-29)37-20-23-12-9-16-33(23)3/h5-8,10-11,13-14,21,23H,1,9,12,15-20H2,2-4H3/t21-,23-/m0/s1. The fourth-order valence-electron chi connectivity index (χ4n) is 5.52. The van der Waals surface area contributed by atoms with Crippen LogP contribution in [0, 0.1) is 0 Å². The molecular weight excluding hydrogens is 462 g/mol. The molecule has 2 aliphatic rings. The Morgan fingerprint density at radius 3 is 2.81 bits per heavy atom. The highest BCUT2D eigenvalue weighted by atomic mass is 16.5. The smallest absolute Gasteiger partial charge is 0.318 e. The van der Waals surface area contributed by atoms with E-state index in [2.05, 4.69) is 77.7 Å². The van der Waals surface area contributed by atoms with Gasteiger partial charge in [0.25, 0.3) is 0 Å². The number of benzene rings is 2. The molecular formula is C30H37N5O2. The summed E-state index contributed by atoms with van der Waals surface area (Å²) in [5.74, 6) is 0.895. The molecule has 0 N–H and O–H groups in total. The third-order valence-electron chi connectivity index (χ3n) is 7.93. The van der Waals surface area contributed by atoms with Crippen molar-refractivity contribution in [3.05, 3.63) is 66.4 Å². The van der Waals surface area contributed by atoms with Crippen molar-refractivity contribution in [2.75, 3.05) is 43.6 Å². The van der Waals surface area contributed by atoms with E-state index in [-0.39, 0.29) is 11.8 Å². The molecule has 3 heterocycles. The van der Waals surface area contributed by atoms with Gasteiger partial charge in [-0.15, -0.1) is 0 Å². The third-order valence-corrected chi connectivity index (χ3v) is 7.93. The number of likely N-dealkylation sites (N-methyl/N-ethyl adjacent to an activating group) is 1. The largest absolute Gasteiger partial charge is 0.462 e. The number of carbonyl (C=O) groups is 1. The third kappa shape index (κ3) is 5.32. The van der Waals surface area contributed by atoms with Gasteiger partial charge in [0.05, 0.1) is 12.2 Å². The molecule has 0 amide bonds. The molecule has 1 saturated heterocycles. The highest BCUT2D eigenvalue weighted by molar-refractivity contribution is 5.94. The quantitative estimate of drug-likeness (QED) is 0.398. The van der Waals surface area contributed by atoms with E-state index in [4.69, 9.17) is 14.7 Å². The van der Waals surface area contributed by atoms with Crippen LogP contribution in [-0.4, -0.2) is 66.5 Å². The van der Waals surface area contributed by atoms with Crippen molar-refractivity contribution in [2.24, 2.45) is 0 Å². The molecule has 0 bridgehead atoms. The molecule has 7 heteroatoms. The molecule has 2 aliphatic heterocycles. The van der Waals surface area contributed by atoms with Gasteiger partial charge < -0.3 is 19.4 Å². The lowest BCUT2D eigenvalue weighted by Crippen LogP contribution is -2.37. The number of allylic oxidation sites excluding steroid dienone is 1. The summed E-state index contributed by atoms with van der Waals surface area (Å²) in [6.45, 7) is 8.92. The predicted octanol–water partition coefficient (Wildman–Crippen LogP) is 4.64. The number of anilines is 2. The Bertz CT molecular complexity index is 1290. The molecule has 0 spiro atoms. The zero-order chi connectivity index (χ0) is 25.9. The molecule has 7 nitrogen and oxygen atoms in total. The molecule has 0 saturated carbocycles. The van der Waals surface area contributed by atoms with Gasteiger partial charge in [-0.3, -0.25) is 4.79 Å². The van der Waals surface area contributed by atoms with E-state index in [0.717, 1.165) is 43.0 Å². The summed E-state index contributed by atoms with van der Waals surface area (Å²) in [4.78, 5) is 28.8. The number of aromatic nitrogens is 2. The second kappa shape index (κ2) is 10.9. The summed E-state index contributed by atoms with van der Waals surface area (Å²) in [5.41, 5.74) is 3.35. The molecule has 0 unspecified atom stereocenters. The van der Waals surface area contributed by atoms with Gasteiger partial charge in [-0.25, -0.2) is 0 Å². The Balaban J connectivity index is 1.47. The van der Waals surface area contributed by atoms with Gasteiger partial charge >= 0.3 is 6.01 Å². The molecule has 2 aromatic carbocycles. The van der Waals surface area contributed by atoms with Crippen LogP contribution in [0.1, 0.15) is 37.4 Å². The number of hydrogen-bond acceptors (Lipinski definition) is 7. The summed E-state index contributed by atoms with van der Waals surface area (Å²) in [5, 5.41) is 2.48. The van der Waals surface area contributed by atoms with Crippen LogP contribution in [0.4, 0.5) is 11.5 Å². The number of ketones is 1. The van der Waals surface area contributed by atoms with Crippen molar-refractivity contribution in [2.45, 2.75) is 51.2 Å². The van der Waals surface area contributed by atoms with E-state index in [1.165, 1.54) is 29.0 Å². The molecule has 0 aliphatic carbocycles. The van der Waals surface area contributed by atoms with Crippen molar-refractivity contribution in [3.8, 4) is 6.01 Å². The summed E-state index contributed by atoms with van der Waals surface area (Å²) in [6.07, 6.45) is 4.94. The zero-order valence-electron chi connectivity index (χ0n) is 22.2. The Morgan fingerprint density at radius 1 is 1.22 bits per heavy atom. The van der Waals surface area contributed by atoms with Crippen LogP contribution in [0.15, 0.2) is 55.1 Å². The first-order valence-electron chi connectivity index (χ1n) is 13.3. The first kappa shape index (κ1) is 25.2. The molecule has 2 atom stereocenters. The summed E-state index contributed by atoms with van der Waals surface area (Å²) < 4.78 is 6.22. The number of likely N-dealkylation sites (tertiary alicyclic amines) is 1. The molecule has 0 radical (unpaired) electrons. The second-order valence-corrected chi connectivity index (χ2v) is 10.3. The highest BCUT2D eigenvalue weighted by Gasteiger charge is 2.28. The van der Waals surface area contributed by atoms with E-state index in [0.29, 0.717) is 31.6 Å². The minimum absolute atomic E-state index is 0.0191. The maximum absolute atomic E-state index is 12.1. The molecule has 5 rings (SSSR count). The zero-order valence-corrected chi connectivity index (χ0v) is 22.2. The number of fused-ring (bicyclic) bond motifs is 2. The van der Waals surface area contributed by atoms with Gasteiger partial charge in [0, 0.05) is 48.7 Å². The topological polar surface area (TPSA) is 61.8 Å². The Kier molecular flexibility index (Phi) is 7.42. The van der Waals surface area contributed by atoms with E-state index in [9.17, 15) is 4.79 Å². The van der Waals surface area contributed by atoms with Crippen molar-refractivity contribution < 1.29 is 9.53 Å². The number of carbonyl (C=O) groups excluding carboxylic acids is 1. The maximum atomic E-state index is 12.1. The monoisotopic (exact) mass is 499 g/mol. The van der Waals surface area contributed by atoms with Crippen LogP contribution in [-0.2, 0) is 17.8 Å². The van der Waals surface area contributed by atoms with Gasteiger partial charge in [0.1, 0.15) is 12.4 Å². The van der Waals surface area contributed by atoms with Crippen LogP contribution < -0.4 is 14.5 Å². The van der Waals surface area contributed by atoms with Crippen LogP contribution in [0.25, 0.3) is 10.8 Å². The lowest BCUT2D eigenvalue weighted by molar-refractivity contribution is -0.114. The first-order valence-corrected chi connectivity index (χ1v) is 13.3. The molecule has 3 aromatic rings. The molecule has 37 heavy (non-hydrogen) atoms. The van der Waals surface area contributed by atoms with Crippen molar-refractivity contribution in [3.63, 3.8) is 0 Å². The SMILES string of the molecule is C=CC(=O)C[C@H](C)N(C)c1nc(OC[C@@H]2CCCN2C)nc2c1CCN(c1cccc3ccccc13)C2. The number of rotatable bonds is 9. The Labute approximate surface area is 219 Å². The summed E-state index contributed by atoms with van der Waals surface area (Å²) >= 11 is 0. The minimum Gasteiger partial charge on any atom is -0.462 e. The molecule has 1 fully saturated rings. The van der Waals surface area contributed by atoms with Crippen molar-refractivity contribution >= 4 is 28.1 Å². The van der Waals surface area contributed by atoms with Crippen LogP contribution in [0.3, 0.4) is 0 Å². The number of ether oxygens (including phenoxy) is 1. The number of nitrogens with zero attached hydrogens (tertiary/aromatic N) is 5. The summed E-state index contributed by atoms with van der Waals surface area (Å²) in [7, 11) is 4.16. The van der Waals surface area contributed by atoms with Gasteiger partial charge in [-0.2, -0.15) is 9.97 Å². The average molecular weight is 500 g/mol. The van der Waals surface area contributed by atoms with Gasteiger partial charge in [0.2, 0.25) is 0 Å². The maximum Gasteiger partial charge on any atom is 0.318 e. The van der Waals surface area contributed by atoms with Crippen LogP contribution >= 0.6 is 0 Å². The Morgan fingerprint density at radius 2 is 2.03 bits per heavy atom. The highest BCUT2D eigenvalue weighted by Crippen LogP contribution is 2.34.